The Morgan fingerprint density at radius 1 is 1.02 bits per heavy atom. The smallest absolute Gasteiger partial charge is 0.243 e. The Labute approximate surface area is 238 Å². The predicted molar refractivity (Wildman–Crippen MR) is 146 cm³/mol. The number of halogens is 3. The van der Waals surface area contributed by atoms with E-state index in [-0.39, 0.29) is 18.0 Å². The number of carbonyl (C=O) groups is 1. The first-order valence-corrected chi connectivity index (χ1v) is 15.7. The molecular weight excluding hydrogens is 592 g/mol. The Kier molecular flexibility index (Phi) is 10.8. The summed E-state index contributed by atoms with van der Waals surface area (Å²) in [5.74, 6) is -4.61. The minimum Gasteiger partial charge on any atom is -0.451 e. The second kappa shape index (κ2) is 13.5. The molecule has 1 saturated heterocycles. The molecule has 0 aliphatic carbocycles. The van der Waals surface area contributed by atoms with Crippen LogP contribution in [0.4, 0.5) is 8.78 Å². The van der Waals surface area contributed by atoms with Crippen molar-refractivity contribution >= 4 is 37.6 Å². The maximum absolute atomic E-state index is 14.8. The highest BCUT2D eigenvalue weighted by Gasteiger charge is 2.30. The van der Waals surface area contributed by atoms with Crippen molar-refractivity contribution in [2.24, 2.45) is 5.73 Å². The van der Waals surface area contributed by atoms with E-state index in [0.717, 1.165) is 30.5 Å². The summed E-state index contributed by atoms with van der Waals surface area (Å²) in [6.45, 7) is 1.79. The van der Waals surface area contributed by atoms with E-state index in [9.17, 15) is 30.4 Å². The van der Waals surface area contributed by atoms with Gasteiger partial charge in [0, 0.05) is 57.9 Å². The molecule has 222 valence electrons. The van der Waals surface area contributed by atoms with Crippen LogP contribution in [-0.2, 0) is 24.8 Å². The molecule has 1 heterocycles. The number of carbonyl (C=O) groups excluding carboxylic acids is 1. The van der Waals surface area contributed by atoms with Gasteiger partial charge in [-0.3, -0.25) is 9.69 Å². The van der Waals surface area contributed by atoms with Crippen LogP contribution in [0.5, 0.6) is 11.5 Å². The highest BCUT2D eigenvalue weighted by Crippen LogP contribution is 2.31. The highest BCUT2D eigenvalue weighted by molar-refractivity contribution is 7.89. The normalized spacial score (nSPS) is 15.6. The van der Waals surface area contributed by atoms with E-state index >= 15 is 0 Å². The predicted octanol–water partition coefficient (Wildman–Crippen LogP) is 1.40. The van der Waals surface area contributed by atoms with Crippen LogP contribution in [0.1, 0.15) is 0 Å². The van der Waals surface area contributed by atoms with Crippen molar-refractivity contribution in [2.45, 2.75) is 4.90 Å². The zero-order valence-electron chi connectivity index (χ0n) is 22.1. The van der Waals surface area contributed by atoms with Gasteiger partial charge in [0.2, 0.25) is 26.0 Å². The summed E-state index contributed by atoms with van der Waals surface area (Å²) in [4.78, 5) is 15.0. The van der Waals surface area contributed by atoms with Crippen molar-refractivity contribution < 1.29 is 35.1 Å². The van der Waals surface area contributed by atoms with E-state index in [2.05, 4.69) is 4.90 Å². The van der Waals surface area contributed by atoms with Gasteiger partial charge in [0.15, 0.2) is 17.4 Å². The molecule has 1 aliphatic heterocycles. The van der Waals surface area contributed by atoms with Crippen molar-refractivity contribution in [2.75, 3.05) is 72.2 Å². The van der Waals surface area contributed by atoms with Gasteiger partial charge >= 0.3 is 0 Å². The Morgan fingerprint density at radius 2 is 1.60 bits per heavy atom. The van der Waals surface area contributed by atoms with E-state index in [1.54, 1.807) is 0 Å². The second-order valence-corrected chi connectivity index (χ2v) is 13.9. The quantitative estimate of drug-likeness (QED) is 0.354. The van der Waals surface area contributed by atoms with Crippen LogP contribution in [0, 0.1) is 11.6 Å². The lowest BCUT2D eigenvalue weighted by Gasteiger charge is -2.32. The van der Waals surface area contributed by atoms with Crippen molar-refractivity contribution in [1.29, 1.82) is 0 Å². The second-order valence-electron chi connectivity index (χ2n) is 9.36. The molecule has 0 aromatic heterocycles. The number of nitrogens with two attached hydrogens (primary N) is 1. The molecule has 0 saturated carbocycles. The van der Waals surface area contributed by atoms with Crippen molar-refractivity contribution in [3.8, 4) is 11.5 Å². The number of primary amides is 1. The number of sulfonamides is 2. The summed E-state index contributed by atoms with van der Waals surface area (Å²) in [5, 5.41) is 0.373. The molecule has 1 fully saturated rings. The minimum absolute atomic E-state index is 0.0602. The first-order chi connectivity index (χ1) is 18.7. The van der Waals surface area contributed by atoms with Gasteiger partial charge in [-0.05, 0) is 43.4 Å². The van der Waals surface area contributed by atoms with Crippen molar-refractivity contribution in [1.82, 2.24) is 18.4 Å². The fourth-order valence-electron chi connectivity index (χ4n) is 3.87. The van der Waals surface area contributed by atoms with Gasteiger partial charge in [-0.1, -0.05) is 11.6 Å². The van der Waals surface area contributed by atoms with Gasteiger partial charge in [-0.2, -0.15) is 4.31 Å². The standard InChI is InChI=1S/C24H32ClF2N5O6S2/c1-29-7-10-31(11-8-29)13-14-39(34,35)30(2)9-12-32(17-23(28)33)40(36,37)20-15-21(26)24(22(27)16-20)38-19-5-3-18(25)4-6-19/h3-6,15-16H,7-14,17H2,1-2H3,(H2,28,33). The maximum atomic E-state index is 14.8. The molecule has 3 rings (SSSR count). The highest BCUT2D eigenvalue weighted by atomic mass is 35.5. The van der Waals surface area contributed by atoms with Crippen LogP contribution in [0.15, 0.2) is 41.3 Å². The first kappa shape index (κ1) is 32.1. The third kappa shape index (κ3) is 8.55. The van der Waals surface area contributed by atoms with Crippen molar-refractivity contribution in [3.63, 3.8) is 0 Å². The van der Waals surface area contributed by atoms with Crippen LogP contribution in [0.3, 0.4) is 0 Å². The topological polar surface area (TPSA) is 134 Å². The average molecular weight is 624 g/mol. The molecule has 2 aromatic rings. The Bertz CT molecular complexity index is 1380. The van der Waals surface area contributed by atoms with Gasteiger partial charge < -0.3 is 15.4 Å². The number of nitrogens with zero attached hydrogens (tertiary/aromatic N) is 4. The van der Waals surface area contributed by atoms with E-state index in [1.807, 2.05) is 11.9 Å². The Balaban J connectivity index is 1.72. The fraction of sp³-hybridized carbons (Fsp3) is 0.458. The average Bonchev–Trinajstić information content (AvgIpc) is 2.88. The van der Waals surface area contributed by atoms with Crippen molar-refractivity contribution in [3.05, 3.63) is 53.1 Å². The molecule has 11 nitrogen and oxygen atoms in total. The molecule has 2 aromatic carbocycles. The van der Waals surface area contributed by atoms with Gasteiger partial charge in [0.1, 0.15) is 5.75 Å². The number of benzene rings is 2. The molecular formula is C24H32ClF2N5O6S2. The number of hydrogen-bond donors (Lipinski definition) is 1. The molecule has 1 aliphatic rings. The maximum Gasteiger partial charge on any atom is 0.243 e. The zero-order valence-corrected chi connectivity index (χ0v) is 24.5. The van der Waals surface area contributed by atoms with Gasteiger partial charge in [-0.25, -0.2) is 29.9 Å². The Morgan fingerprint density at radius 3 is 2.15 bits per heavy atom. The lowest BCUT2D eigenvalue weighted by atomic mass is 10.3. The minimum atomic E-state index is -4.67. The van der Waals surface area contributed by atoms with Gasteiger partial charge in [-0.15, -0.1) is 0 Å². The van der Waals surface area contributed by atoms with Crippen LogP contribution in [-0.4, -0.2) is 113 Å². The number of likely N-dealkylation sites (N-methyl/N-ethyl adjacent to an activating group) is 2. The molecule has 2 N–H and O–H groups in total. The molecule has 16 heteroatoms. The SMILES string of the molecule is CN1CCN(CCS(=O)(=O)N(C)CCN(CC(N)=O)S(=O)(=O)c2cc(F)c(Oc3ccc(Cl)cc3)c(F)c2)CC1. The molecule has 0 unspecified atom stereocenters. The number of ether oxygens (including phenoxy) is 1. The summed E-state index contributed by atoms with van der Waals surface area (Å²) < 4.78 is 88.5. The summed E-state index contributed by atoms with van der Waals surface area (Å²) in [7, 11) is -5.16. The first-order valence-electron chi connectivity index (χ1n) is 12.2. The van der Waals surface area contributed by atoms with E-state index in [1.165, 1.54) is 31.3 Å². The van der Waals surface area contributed by atoms with Gasteiger partial charge in [0.25, 0.3) is 0 Å². The summed E-state index contributed by atoms with van der Waals surface area (Å²) >= 11 is 5.79. The largest absolute Gasteiger partial charge is 0.451 e. The fourth-order valence-corrected chi connectivity index (χ4v) is 6.58. The number of hydrogen-bond acceptors (Lipinski definition) is 8. The number of piperazine rings is 1. The molecule has 0 spiro atoms. The lowest BCUT2D eigenvalue weighted by molar-refractivity contribution is -0.118. The molecule has 0 radical (unpaired) electrons. The van der Waals surface area contributed by atoms with Gasteiger partial charge in [0.05, 0.1) is 17.2 Å². The Hall–Kier alpha value is -2.40. The van der Waals surface area contributed by atoms with Crippen LogP contribution >= 0.6 is 11.6 Å². The molecule has 40 heavy (non-hydrogen) atoms. The third-order valence-corrected chi connectivity index (χ3v) is 10.3. The molecule has 1 amide bonds. The summed E-state index contributed by atoms with van der Waals surface area (Å²) in [6, 6.07) is 6.72. The summed E-state index contributed by atoms with van der Waals surface area (Å²) in [5.41, 5.74) is 5.22. The van der Waals surface area contributed by atoms with E-state index < -0.39 is 61.3 Å². The zero-order chi connectivity index (χ0) is 29.7. The summed E-state index contributed by atoms with van der Waals surface area (Å²) in [6.07, 6.45) is 0. The number of rotatable bonds is 13. The number of amides is 1. The van der Waals surface area contributed by atoms with Crippen LogP contribution in [0.25, 0.3) is 0 Å². The third-order valence-electron chi connectivity index (χ3n) is 6.38. The van der Waals surface area contributed by atoms with E-state index in [4.69, 9.17) is 22.1 Å². The molecule has 0 bridgehead atoms. The molecule has 0 atom stereocenters. The monoisotopic (exact) mass is 623 g/mol. The van der Waals surface area contributed by atoms with Crippen LogP contribution < -0.4 is 10.5 Å². The lowest BCUT2D eigenvalue weighted by Crippen LogP contribution is -2.47. The van der Waals surface area contributed by atoms with E-state index in [0.29, 0.717) is 28.0 Å². The van der Waals surface area contributed by atoms with Crippen LogP contribution in [0.2, 0.25) is 5.02 Å².